The number of nitrogens with zero attached hydrogens (tertiary/aromatic N) is 3. The minimum absolute atomic E-state index is 0.690. The van der Waals surface area contributed by atoms with Crippen LogP contribution >= 0.6 is 0 Å². The van der Waals surface area contributed by atoms with Crippen LogP contribution < -0.4 is 5.73 Å². The minimum atomic E-state index is 0.690. The average Bonchev–Trinajstić information content (AvgIpc) is 2.33. The summed E-state index contributed by atoms with van der Waals surface area (Å²) in [4.78, 5) is 4.07. The molecule has 11 heavy (non-hydrogen) atoms. The third-order valence-corrected chi connectivity index (χ3v) is 1.58. The van der Waals surface area contributed by atoms with Gasteiger partial charge in [0, 0.05) is 5.69 Å². The van der Waals surface area contributed by atoms with Crippen LogP contribution in [-0.4, -0.2) is 14.6 Å². The Hall–Kier alpha value is -1.58. The second-order valence-electron chi connectivity index (χ2n) is 2.46. The smallest absolute Gasteiger partial charge is 0.117 e. The first-order valence-electron chi connectivity index (χ1n) is 3.33. The van der Waals surface area contributed by atoms with E-state index in [1.165, 1.54) is 0 Å². The molecule has 0 radical (unpaired) electrons. The van der Waals surface area contributed by atoms with Crippen molar-refractivity contribution in [3.63, 3.8) is 0 Å². The number of nitrogens with two attached hydrogens (primary N) is 1. The van der Waals surface area contributed by atoms with Gasteiger partial charge in [0.2, 0.25) is 0 Å². The molecule has 2 aromatic heterocycles. The number of aromatic nitrogens is 3. The number of fused-ring (bicyclic) bond motifs is 1. The van der Waals surface area contributed by atoms with Crippen molar-refractivity contribution in [1.82, 2.24) is 14.6 Å². The van der Waals surface area contributed by atoms with Crippen LogP contribution in [0.25, 0.3) is 5.52 Å². The van der Waals surface area contributed by atoms with Crippen molar-refractivity contribution in [3.8, 4) is 0 Å². The van der Waals surface area contributed by atoms with Crippen molar-refractivity contribution >= 4 is 11.2 Å². The first-order valence-corrected chi connectivity index (χ1v) is 3.33. The molecule has 4 nitrogen and oxygen atoms in total. The maximum atomic E-state index is 5.63. The van der Waals surface area contributed by atoms with Crippen LogP contribution in [0.3, 0.4) is 0 Å². The quantitative estimate of drug-likeness (QED) is 0.595. The van der Waals surface area contributed by atoms with Crippen LogP contribution in [0.2, 0.25) is 0 Å². The molecule has 56 valence electrons. The van der Waals surface area contributed by atoms with E-state index in [-0.39, 0.29) is 0 Å². The fourth-order valence-electron chi connectivity index (χ4n) is 1.01. The van der Waals surface area contributed by atoms with Crippen molar-refractivity contribution in [2.45, 2.75) is 6.92 Å². The van der Waals surface area contributed by atoms with E-state index in [0.717, 1.165) is 11.2 Å². The van der Waals surface area contributed by atoms with Gasteiger partial charge >= 0.3 is 0 Å². The van der Waals surface area contributed by atoms with E-state index >= 15 is 0 Å². The first-order chi connectivity index (χ1) is 5.27. The van der Waals surface area contributed by atoms with Gasteiger partial charge in [-0.3, -0.25) is 0 Å². The van der Waals surface area contributed by atoms with Gasteiger partial charge in [0.25, 0.3) is 0 Å². The number of aryl methyl sites for hydroxylation is 1. The number of nitrogen functional groups attached to an aromatic ring is 1. The highest BCUT2D eigenvalue weighted by atomic mass is 15.2. The molecule has 0 amide bonds. The molecular weight excluding hydrogens is 140 g/mol. The van der Waals surface area contributed by atoms with Crippen molar-refractivity contribution in [3.05, 3.63) is 24.3 Å². The molecule has 0 saturated heterocycles. The van der Waals surface area contributed by atoms with Gasteiger partial charge < -0.3 is 5.73 Å². The largest absolute Gasteiger partial charge is 0.396 e. The van der Waals surface area contributed by atoms with Crippen molar-refractivity contribution < 1.29 is 0 Å². The number of hydrogen-bond donors (Lipinski definition) is 1. The van der Waals surface area contributed by atoms with Gasteiger partial charge in [-0.2, -0.15) is 5.10 Å². The van der Waals surface area contributed by atoms with Crippen LogP contribution in [0, 0.1) is 6.92 Å². The lowest BCUT2D eigenvalue weighted by Crippen LogP contribution is -1.91. The number of anilines is 1. The fraction of sp³-hybridized carbons (Fsp3) is 0.143. The van der Waals surface area contributed by atoms with Gasteiger partial charge in [0.15, 0.2) is 0 Å². The Morgan fingerprint density at radius 2 is 2.36 bits per heavy atom. The highest BCUT2D eigenvalue weighted by molar-refractivity contribution is 5.68. The monoisotopic (exact) mass is 148 g/mol. The highest BCUT2D eigenvalue weighted by Gasteiger charge is 1.98. The minimum Gasteiger partial charge on any atom is -0.396 e. The summed E-state index contributed by atoms with van der Waals surface area (Å²) in [5, 5.41) is 3.99. The normalized spacial score (nSPS) is 10.6. The lowest BCUT2D eigenvalue weighted by molar-refractivity contribution is 0.910. The Labute approximate surface area is 63.7 Å². The van der Waals surface area contributed by atoms with E-state index in [1.54, 1.807) is 17.0 Å². The Balaban J connectivity index is 2.87. The summed E-state index contributed by atoms with van der Waals surface area (Å²) >= 11 is 0. The third kappa shape index (κ3) is 0.832. The van der Waals surface area contributed by atoms with Crippen molar-refractivity contribution in [1.29, 1.82) is 0 Å². The molecular formula is C7H8N4. The van der Waals surface area contributed by atoms with Crippen LogP contribution in [0.1, 0.15) is 5.69 Å². The lowest BCUT2D eigenvalue weighted by atomic mass is 10.3. The van der Waals surface area contributed by atoms with Crippen molar-refractivity contribution in [2.75, 3.05) is 5.73 Å². The second kappa shape index (κ2) is 1.95. The summed E-state index contributed by atoms with van der Waals surface area (Å²) in [5.74, 6) is 0. The van der Waals surface area contributed by atoms with Gasteiger partial charge in [-0.1, -0.05) is 0 Å². The Bertz CT molecular complexity index is 390. The van der Waals surface area contributed by atoms with Crippen LogP contribution in [-0.2, 0) is 0 Å². The molecule has 0 aromatic carbocycles. The summed E-state index contributed by atoms with van der Waals surface area (Å²) in [5.41, 5.74) is 8.19. The molecule has 4 heteroatoms. The maximum Gasteiger partial charge on any atom is 0.117 e. The first kappa shape index (κ1) is 6.15. The number of hydrogen-bond acceptors (Lipinski definition) is 3. The van der Waals surface area contributed by atoms with E-state index in [1.807, 2.05) is 13.0 Å². The second-order valence-corrected chi connectivity index (χ2v) is 2.46. The number of rotatable bonds is 0. The molecule has 0 saturated carbocycles. The molecule has 2 rings (SSSR count). The molecule has 0 spiro atoms. The predicted molar refractivity (Wildman–Crippen MR) is 42.1 cm³/mol. The van der Waals surface area contributed by atoms with Gasteiger partial charge in [-0.05, 0) is 13.0 Å². The predicted octanol–water partition coefficient (Wildman–Crippen LogP) is 0.620. The van der Waals surface area contributed by atoms with Gasteiger partial charge in [0.05, 0.1) is 17.4 Å². The van der Waals surface area contributed by atoms with E-state index < -0.39 is 0 Å². The zero-order valence-electron chi connectivity index (χ0n) is 6.15. The van der Waals surface area contributed by atoms with E-state index in [4.69, 9.17) is 5.73 Å². The Kier molecular flexibility index (Phi) is 1.09. The molecule has 0 unspecified atom stereocenters. The molecule has 0 fully saturated rings. The molecule has 0 aliphatic rings. The zero-order valence-corrected chi connectivity index (χ0v) is 6.15. The molecule has 0 atom stereocenters. The van der Waals surface area contributed by atoms with Gasteiger partial charge in [0.1, 0.15) is 6.33 Å². The third-order valence-electron chi connectivity index (χ3n) is 1.58. The molecule has 2 heterocycles. The summed E-state index contributed by atoms with van der Waals surface area (Å²) in [6, 6.07) is 1.91. The molecule has 0 aliphatic carbocycles. The van der Waals surface area contributed by atoms with E-state index in [0.29, 0.717) is 5.69 Å². The van der Waals surface area contributed by atoms with Crippen LogP contribution in [0.4, 0.5) is 5.69 Å². The summed E-state index contributed by atoms with van der Waals surface area (Å²) in [6.07, 6.45) is 3.28. The molecule has 0 bridgehead atoms. The summed E-state index contributed by atoms with van der Waals surface area (Å²) in [7, 11) is 0. The Morgan fingerprint density at radius 3 is 3.18 bits per heavy atom. The van der Waals surface area contributed by atoms with E-state index in [2.05, 4.69) is 10.1 Å². The average molecular weight is 148 g/mol. The lowest BCUT2D eigenvalue weighted by Gasteiger charge is -1.93. The van der Waals surface area contributed by atoms with Gasteiger partial charge in [-0.15, -0.1) is 0 Å². The summed E-state index contributed by atoms with van der Waals surface area (Å²) in [6.45, 7) is 1.92. The maximum absolute atomic E-state index is 5.63. The Morgan fingerprint density at radius 1 is 1.55 bits per heavy atom. The van der Waals surface area contributed by atoms with E-state index in [9.17, 15) is 0 Å². The standard InChI is InChI=1S/C7H8N4/c1-5-2-7-6(8)3-10-11(7)4-9-5/h2-4H,8H2,1H3. The SMILES string of the molecule is Cc1cc2c(N)cnn2cn1. The highest BCUT2D eigenvalue weighted by Crippen LogP contribution is 2.11. The topological polar surface area (TPSA) is 56.2 Å². The van der Waals surface area contributed by atoms with Gasteiger partial charge in [-0.25, -0.2) is 9.50 Å². The zero-order chi connectivity index (χ0) is 7.84. The van der Waals surface area contributed by atoms with Crippen molar-refractivity contribution in [2.24, 2.45) is 0 Å². The van der Waals surface area contributed by atoms with Crippen LogP contribution in [0.15, 0.2) is 18.6 Å². The molecule has 2 aromatic rings. The molecule has 0 aliphatic heterocycles. The fourth-order valence-corrected chi connectivity index (χ4v) is 1.01. The molecule has 2 N–H and O–H groups in total. The van der Waals surface area contributed by atoms with Crippen LogP contribution in [0.5, 0.6) is 0 Å². The summed E-state index contributed by atoms with van der Waals surface area (Å²) < 4.78 is 1.66.